The van der Waals surface area contributed by atoms with E-state index in [1.807, 2.05) is 18.2 Å². The molecule has 0 aromatic carbocycles. The molecule has 0 unspecified atom stereocenters. The molecule has 0 aromatic rings. The van der Waals surface area contributed by atoms with Crippen LogP contribution < -0.4 is 10.7 Å². The number of nitrogens with one attached hydrogen (secondary N) is 1. The van der Waals surface area contributed by atoms with E-state index in [0.29, 0.717) is 12.3 Å². The Morgan fingerprint density at radius 3 is 2.60 bits per heavy atom. The van der Waals surface area contributed by atoms with Crippen molar-refractivity contribution >= 4 is 11.6 Å². The van der Waals surface area contributed by atoms with Crippen molar-refractivity contribution in [2.24, 2.45) is 11.1 Å². The van der Waals surface area contributed by atoms with Crippen LogP contribution in [0.5, 0.6) is 0 Å². The maximum atomic E-state index is 11.0. The average Bonchev–Trinajstić information content (AvgIpc) is 2.67. The van der Waals surface area contributed by atoms with Crippen LogP contribution >= 0.6 is 0 Å². The van der Waals surface area contributed by atoms with E-state index >= 15 is 0 Å². The second-order valence-electron chi connectivity index (χ2n) is 8.22. The molecule has 1 aliphatic rings. The zero-order valence-corrected chi connectivity index (χ0v) is 18.9. The van der Waals surface area contributed by atoms with Gasteiger partial charge in [-0.1, -0.05) is 68.0 Å². The number of carbonyl (C=O) groups excluding carboxylic acids is 1. The molecule has 1 amide bonds. The molecule has 0 saturated heterocycles. The molecule has 4 N–H and O–H groups in total. The van der Waals surface area contributed by atoms with Crippen molar-refractivity contribution in [2.75, 3.05) is 13.2 Å². The van der Waals surface area contributed by atoms with Gasteiger partial charge in [0, 0.05) is 18.2 Å². The van der Waals surface area contributed by atoms with Crippen LogP contribution in [0, 0.1) is 5.41 Å². The highest BCUT2D eigenvalue weighted by Gasteiger charge is 2.26. The first kappa shape index (κ1) is 25.3. The molecule has 0 atom stereocenters. The van der Waals surface area contributed by atoms with E-state index in [-0.39, 0.29) is 12.0 Å². The Morgan fingerprint density at radius 2 is 2.00 bits per heavy atom. The Morgan fingerprint density at radius 1 is 1.27 bits per heavy atom. The molecule has 0 aromatic heterocycles. The average molecular weight is 410 g/mol. The summed E-state index contributed by atoms with van der Waals surface area (Å²) in [6.07, 6.45) is 20.5. The molecule has 162 valence electrons. The smallest absolute Gasteiger partial charge is 0.241 e. The molecule has 1 rings (SSSR count). The number of aliphatic hydroxyl groups excluding tert-OH is 1. The van der Waals surface area contributed by atoms with E-state index in [1.54, 1.807) is 12.2 Å². The van der Waals surface area contributed by atoms with Crippen molar-refractivity contribution in [2.45, 2.75) is 47.0 Å². The third kappa shape index (κ3) is 9.19. The molecule has 4 heteroatoms. The summed E-state index contributed by atoms with van der Waals surface area (Å²) in [5, 5.41) is 9.02. The largest absolute Gasteiger partial charge is 0.390 e. The van der Waals surface area contributed by atoms with Crippen molar-refractivity contribution in [3.8, 4) is 0 Å². The quantitative estimate of drug-likeness (QED) is 0.294. The number of rotatable bonds is 10. The number of allylic oxidation sites excluding steroid dienone is 12. The molecule has 0 radical (unpaired) electrons. The van der Waals surface area contributed by atoms with Crippen LogP contribution in [0.2, 0.25) is 0 Å². The number of amides is 1. The number of hydrogen-bond donors (Lipinski definition) is 3. The molecule has 0 saturated carbocycles. The number of nitrogens with two attached hydrogens (primary N) is 1. The minimum Gasteiger partial charge on any atom is -0.390 e. The van der Waals surface area contributed by atoms with Crippen LogP contribution in [0.15, 0.2) is 83.6 Å². The summed E-state index contributed by atoms with van der Waals surface area (Å²) in [6.45, 7) is 13.2. The first-order valence-corrected chi connectivity index (χ1v) is 10.5. The lowest BCUT2D eigenvalue weighted by molar-refractivity contribution is -0.458. The number of aliphatic hydroxyl groups is 1. The van der Waals surface area contributed by atoms with E-state index in [1.165, 1.54) is 36.5 Å². The fraction of sp³-hybridized carbons (Fsp3) is 0.385. The molecule has 0 spiro atoms. The zero-order chi connectivity index (χ0) is 22.6. The summed E-state index contributed by atoms with van der Waals surface area (Å²) >= 11 is 0. The van der Waals surface area contributed by atoms with E-state index < -0.39 is 5.91 Å². The van der Waals surface area contributed by atoms with Gasteiger partial charge in [-0.05, 0) is 49.7 Å². The summed E-state index contributed by atoms with van der Waals surface area (Å²) in [7, 11) is 0. The Labute approximate surface area is 181 Å². The standard InChI is InChI=1S/C26H36N2O2/c1-6-22(19-23(28-17-18-29)13-15-25(27)30)11-7-9-20(2)12-14-24-21(3)10-8-16-26(24,4)5/h6-7,9,11-15,19,29H,1,8,10,16-18H2,2-5H3,(H2,27,30)/p+1/b11-7+,14-12+,15-13+,20-9+,22-19+,28-23?. The van der Waals surface area contributed by atoms with Gasteiger partial charge in [0.15, 0.2) is 12.3 Å². The van der Waals surface area contributed by atoms with Gasteiger partial charge in [-0.3, -0.25) is 4.79 Å². The van der Waals surface area contributed by atoms with Crippen molar-refractivity contribution in [1.82, 2.24) is 0 Å². The molecule has 4 nitrogen and oxygen atoms in total. The third-order valence-electron chi connectivity index (χ3n) is 5.13. The summed E-state index contributed by atoms with van der Waals surface area (Å²) in [6, 6.07) is 0. The first-order valence-electron chi connectivity index (χ1n) is 10.5. The van der Waals surface area contributed by atoms with E-state index in [2.05, 4.69) is 57.5 Å². The van der Waals surface area contributed by atoms with Gasteiger partial charge in [0.1, 0.15) is 6.61 Å². The SMILES string of the molecule is C=CC(/C=C/C=C(C)/C=C/C1=C(C)CCCC1(C)C)=C\C(/C=C/C(N)=O)=[NH+]CCO. The monoisotopic (exact) mass is 409 g/mol. The fourth-order valence-electron chi connectivity index (χ4n) is 3.48. The number of primary amides is 1. The molecular weight excluding hydrogens is 372 g/mol. The van der Waals surface area contributed by atoms with Crippen molar-refractivity contribution < 1.29 is 14.9 Å². The lowest BCUT2D eigenvalue weighted by Gasteiger charge is -2.32. The van der Waals surface area contributed by atoms with Crippen LogP contribution in [0.4, 0.5) is 0 Å². The lowest BCUT2D eigenvalue weighted by atomic mass is 9.72. The molecule has 1 aliphatic carbocycles. The topological polar surface area (TPSA) is 77.3 Å². The van der Waals surface area contributed by atoms with Gasteiger partial charge in [-0.15, -0.1) is 0 Å². The van der Waals surface area contributed by atoms with Gasteiger partial charge in [-0.25, -0.2) is 4.99 Å². The molecule has 0 bridgehead atoms. The molecule has 30 heavy (non-hydrogen) atoms. The second-order valence-corrected chi connectivity index (χ2v) is 8.22. The predicted octanol–water partition coefficient (Wildman–Crippen LogP) is 3.24. The van der Waals surface area contributed by atoms with Gasteiger partial charge in [0.2, 0.25) is 5.91 Å². The Bertz CT molecular complexity index is 831. The highest BCUT2D eigenvalue weighted by atomic mass is 16.3. The minimum atomic E-state index is -0.528. The lowest BCUT2D eigenvalue weighted by Crippen LogP contribution is -2.73. The van der Waals surface area contributed by atoms with Crippen LogP contribution in [0.3, 0.4) is 0 Å². The van der Waals surface area contributed by atoms with Crippen LogP contribution in [0.25, 0.3) is 0 Å². The summed E-state index contributed by atoms with van der Waals surface area (Å²) < 4.78 is 0. The molecular formula is C26H37N2O2+. The maximum Gasteiger partial charge on any atom is 0.241 e. The predicted molar refractivity (Wildman–Crippen MR) is 127 cm³/mol. The first-order chi connectivity index (χ1) is 14.2. The third-order valence-corrected chi connectivity index (χ3v) is 5.13. The van der Waals surface area contributed by atoms with Gasteiger partial charge < -0.3 is 10.8 Å². The van der Waals surface area contributed by atoms with Crippen molar-refractivity contribution in [3.05, 3.63) is 83.6 Å². The van der Waals surface area contributed by atoms with Gasteiger partial charge in [0.05, 0.1) is 0 Å². The molecule has 0 heterocycles. The Hall–Kier alpha value is -2.72. The van der Waals surface area contributed by atoms with Crippen molar-refractivity contribution in [1.29, 1.82) is 0 Å². The summed E-state index contributed by atoms with van der Waals surface area (Å²) in [5.74, 6) is -0.528. The fourth-order valence-corrected chi connectivity index (χ4v) is 3.48. The zero-order valence-electron chi connectivity index (χ0n) is 18.9. The van der Waals surface area contributed by atoms with Crippen LogP contribution in [0.1, 0.15) is 47.0 Å². The maximum absolute atomic E-state index is 11.0. The summed E-state index contributed by atoms with van der Waals surface area (Å²) in [4.78, 5) is 14.0. The van der Waals surface area contributed by atoms with E-state index in [9.17, 15) is 4.79 Å². The van der Waals surface area contributed by atoms with Gasteiger partial charge in [0.25, 0.3) is 0 Å². The highest BCUT2D eigenvalue weighted by molar-refractivity contribution is 6.04. The van der Waals surface area contributed by atoms with Crippen LogP contribution in [-0.2, 0) is 4.79 Å². The molecule has 0 aliphatic heterocycles. The Balaban J connectivity index is 2.96. The number of carbonyl (C=O) groups is 1. The molecule has 0 fully saturated rings. The van der Waals surface area contributed by atoms with Gasteiger partial charge in [-0.2, -0.15) is 0 Å². The highest BCUT2D eigenvalue weighted by Crippen LogP contribution is 2.40. The number of hydrogen-bond acceptors (Lipinski definition) is 2. The summed E-state index contributed by atoms with van der Waals surface area (Å²) in [5.41, 5.74) is 11.0. The normalized spacial score (nSPS) is 18.8. The van der Waals surface area contributed by atoms with Crippen molar-refractivity contribution in [3.63, 3.8) is 0 Å². The second kappa shape index (κ2) is 12.8. The minimum absolute atomic E-state index is 0.0119. The van der Waals surface area contributed by atoms with E-state index in [4.69, 9.17) is 10.8 Å². The Kier molecular flexibility index (Phi) is 10.8. The van der Waals surface area contributed by atoms with Gasteiger partial charge >= 0.3 is 0 Å². The van der Waals surface area contributed by atoms with Crippen LogP contribution in [-0.4, -0.2) is 29.9 Å². The van der Waals surface area contributed by atoms with E-state index in [0.717, 1.165) is 11.1 Å².